The zero-order valence-corrected chi connectivity index (χ0v) is 10.7. The van der Waals surface area contributed by atoms with Crippen LogP contribution in [0.3, 0.4) is 0 Å². The topological polar surface area (TPSA) is 75.5 Å². The van der Waals surface area contributed by atoms with E-state index in [0.717, 1.165) is 31.3 Å². The maximum atomic E-state index is 13.4. The second-order valence-electron chi connectivity index (χ2n) is 5.34. The van der Waals surface area contributed by atoms with Gasteiger partial charge in [-0.2, -0.15) is 0 Å². The van der Waals surface area contributed by atoms with E-state index in [4.69, 9.17) is 0 Å². The molecular weight excluding hydrogens is 265 g/mol. The largest absolute Gasteiger partial charge is 0.338 e. The van der Waals surface area contributed by atoms with Crippen LogP contribution in [0.4, 0.5) is 10.1 Å². The van der Waals surface area contributed by atoms with Crippen LogP contribution in [-0.4, -0.2) is 41.9 Å². The Morgan fingerprint density at radius 1 is 1.30 bits per heavy atom. The van der Waals surface area contributed by atoms with Crippen LogP contribution in [0.5, 0.6) is 0 Å². The molecule has 0 aliphatic carbocycles. The van der Waals surface area contributed by atoms with Crippen molar-refractivity contribution in [2.75, 3.05) is 26.2 Å². The van der Waals surface area contributed by atoms with Crippen LogP contribution in [0.25, 0.3) is 0 Å². The molecule has 1 amide bonds. The average Bonchev–Trinajstić information content (AvgIpc) is 2.97. The Bertz CT molecular complexity index is 566. The smallest absolute Gasteiger partial charge is 0.273 e. The van der Waals surface area contributed by atoms with E-state index in [1.807, 2.05) is 0 Å². The first-order chi connectivity index (χ1) is 9.54. The van der Waals surface area contributed by atoms with Gasteiger partial charge in [0.1, 0.15) is 5.82 Å². The van der Waals surface area contributed by atoms with Gasteiger partial charge in [0.2, 0.25) is 0 Å². The molecule has 106 valence electrons. The normalized spacial score (nSPS) is 24.8. The van der Waals surface area contributed by atoms with Crippen molar-refractivity contribution in [3.63, 3.8) is 0 Å². The highest BCUT2D eigenvalue weighted by Crippen LogP contribution is 2.28. The van der Waals surface area contributed by atoms with Crippen LogP contribution < -0.4 is 5.32 Å². The van der Waals surface area contributed by atoms with Crippen LogP contribution in [0, 0.1) is 27.8 Å². The number of benzene rings is 1. The number of hydrogen-bond acceptors (Lipinski definition) is 4. The van der Waals surface area contributed by atoms with E-state index in [-0.39, 0.29) is 11.5 Å². The van der Waals surface area contributed by atoms with Crippen molar-refractivity contribution < 1.29 is 14.1 Å². The summed E-state index contributed by atoms with van der Waals surface area (Å²) in [6.45, 7) is 3.02. The Labute approximate surface area is 114 Å². The number of halogens is 1. The summed E-state index contributed by atoms with van der Waals surface area (Å²) in [5.41, 5.74) is -0.348. The van der Waals surface area contributed by atoms with Gasteiger partial charge in [-0.15, -0.1) is 0 Å². The molecule has 2 saturated heterocycles. The number of nitrogens with one attached hydrogen (secondary N) is 1. The number of non-ortho nitro benzene ring substituents is 1. The Morgan fingerprint density at radius 2 is 1.95 bits per heavy atom. The van der Waals surface area contributed by atoms with Crippen molar-refractivity contribution in [2.45, 2.75) is 0 Å². The van der Waals surface area contributed by atoms with E-state index in [9.17, 15) is 19.3 Å². The van der Waals surface area contributed by atoms with Gasteiger partial charge >= 0.3 is 0 Å². The summed E-state index contributed by atoms with van der Waals surface area (Å²) < 4.78 is 13.4. The molecular formula is C13H14FN3O3. The molecule has 20 heavy (non-hydrogen) atoms. The van der Waals surface area contributed by atoms with Gasteiger partial charge in [0.25, 0.3) is 11.6 Å². The summed E-state index contributed by atoms with van der Waals surface area (Å²) in [6, 6.07) is 3.01. The van der Waals surface area contributed by atoms with Gasteiger partial charge in [-0.05, 0) is 17.9 Å². The van der Waals surface area contributed by atoms with Gasteiger partial charge in [0.15, 0.2) is 0 Å². The first-order valence-electron chi connectivity index (χ1n) is 6.49. The molecule has 6 nitrogen and oxygen atoms in total. The number of rotatable bonds is 2. The number of carbonyl (C=O) groups is 1. The lowest BCUT2D eigenvalue weighted by atomic mass is 10.0. The fourth-order valence-corrected chi connectivity index (χ4v) is 3.01. The molecule has 0 radical (unpaired) electrons. The fourth-order valence-electron chi connectivity index (χ4n) is 3.01. The minimum absolute atomic E-state index is 0.0460. The number of amides is 1. The van der Waals surface area contributed by atoms with Crippen LogP contribution in [0.1, 0.15) is 10.4 Å². The Balaban J connectivity index is 1.82. The first-order valence-corrected chi connectivity index (χ1v) is 6.49. The Morgan fingerprint density at radius 3 is 2.55 bits per heavy atom. The summed E-state index contributed by atoms with van der Waals surface area (Å²) in [5, 5.41) is 14.0. The van der Waals surface area contributed by atoms with E-state index in [2.05, 4.69) is 5.32 Å². The lowest BCUT2D eigenvalue weighted by Crippen LogP contribution is -2.31. The van der Waals surface area contributed by atoms with Crippen LogP contribution in [0.15, 0.2) is 18.2 Å². The molecule has 2 aliphatic heterocycles. The summed E-state index contributed by atoms with van der Waals surface area (Å²) in [7, 11) is 0. The lowest BCUT2D eigenvalue weighted by Gasteiger charge is -2.17. The second-order valence-corrected chi connectivity index (χ2v) is 5.34. The molecule has 7 heteroatoms. The molecule has 2 atom stereocenters. The van der Waals surface area contributed by atoms with Crippen molar-refractivity contribution in [1.82, 2.24) is 10.2 Å². The molecule has 2 fully saturated rings. The van der Waals surface area contributed by atoms with Gasteiger partial charge in [-0.3, -0.25) is 14.9 Å². The van der Waals surface area contributed by atoms with Crippen molar-refractivity contribution in [2.24, 2.45) is 11.8 Å². The van der Waals surface area contributed by atoms with E-state index in [1.54, 1.807) is 4.90 Å². The first kappa shape index (κ1) is 13.0. The number of fused-ring (bicyclic) bond motifs is 1. The predicted octanol–water partition coefficient (Wildman–Crippen LogP) is 1.03. The zero-order chi connectivity index (χ0) is 14.3. The van der Waals surface area contributed by atoms with Crippen LogP contribution >= 0.6 is 0 Å². The third kappa shape index (κ3) is 2.24. The number of hydrogen-bond donors (Lipinski definition) is 1. The van der Waals surface area contributed by atoms with Gasteiger partial charge in [-0.1, -0.05) is 0 Å². The average molecular weight is 279 g/mol. The summed E-state index contributed by atoms with van der Waals surface area (Å²) in [6.07, 6.45) is 0. The van der Waals surface area contributed by atoms with Crippen LogP contribution in [0.2, 0.25) is 0 Å². The number of nitrogens with zero attached hydrogens (tertiary/aromatic N) is 2. The van der Waals surface area contributed by atoms with Gasteiger partial charge < -0.3 is 10.2 Å². The number of likely N-dealkylation sites (tertiary alicyclic amines) is 1. The molecule has 0 saturated carbocycles. The predicted molar refractivity (Wildman–Crippen MR) is 68.8 cm³/mol. The van der Waals surface area contributed by atoms with E-state index in [0.29, 0.717) is 24.9 Å². The maximum Gasteiger partial charge on any atom is 0.273 e. The van der Waals surface area contributed by atoms with Crippen LogP contribution in [-0.2, 0) is 0 Å². The highest BCUT2D eigenvalue weighted by atomic mass is 19.1. The van der Waals surface area contributed by atoms with Crippen molar-refractivity contribution in [3.05, 3.63) is 39.7 Å². The SMILES string of the molecule is O=C(c1cc(F)cc([N+](=O)[O-])c1)N1C[C@H]2CNC[C@H]2C1. The van der Waals surface area contributed by atoms with Gasteiger partial charge in [0, 0.05) is 37.8 Å². The molecule has 2 heterocycles. The van der Waals surface area contributed by atoms with Crippen molar-refractivity contribution in [3.8, 4) is 0 Å². The third-order valence-electron chi connectivity index (χ3n) is 4.02. The summed E-state index contributed by atoms with van der Waals surface area (Å²) in [4.78, 5) is 24.0. The Hall–Kier alpha value is -2.02. The molecule has 0 spiro atoms. The van der Waals surface area contributed by atoms with Crippen molar-refractivity contribution in [1.29, 1.82) is 0 Å². The summed E-state index contributed by atoms with van der Waals surface area (Å²) in [5.74, 6) is -0.226. The molecule has 1 aromatic rings. The molecule has 0 aromatic heterocycles. The second kappa shape index (κ2) is 4.82. The molecule has 0 unspecified atom stereocenters. The monoisotopic (exact) mass is 279 g/mol. The number of nitro groups is 1. The molecule has 1 N–H and O–H groups in total. The zero-order valence-electron chi connectivity index (χ0n) is 10.7. The minimum atomic E-state index is -0.761. The number of nitro benzene ring substituents is 1. The van der Waals surface area contributed by atoms with Gasteiger partial charge in [0.05, 0.1) is 11.0 Å². The van der Waals surface area contributed by atoms with E-state index >= 15 is 0 Å². The quantitative estimate of drug-likeness (QED) is 0.648. The maximum absolute atomic E-state index is 13.4. The molecule has 2 aliphatic rings. The third-order valence-corrected chi connectivity index (χ3v) is 4.02. The highest BCUT2D eigenvalue weighted by Gasteiger charge is 2.38. The molecule has 1 aromatic carbocycles. The number of carbonyl (C=O) groups excluding carboxylic acids is 1. The minimum Gasteiger partial charge on any atom is -0.338 e. The molecule has 3 rings (SSSR count). The summed E-state index contributed by atoms with van der Waals surface area (Å²) >= 11 is 0. The fraction of sp³-hybridized carbons (Fsp3) is 0.462. The van der Waals surface area contributed by atoms with E-state index in [1.165, 1.54) is 0 Å². The van der Waals surface area contributed by atoms with E-state index < -0.39 is 16.4 Å². The standard InChI is InChI=1S/C13H14FN3O3/c14-11-1-8(2-12(3-11)17(19)20)13(18)16-6-9-4-15-5-10(9)7-16/h1-3,9-10,15H,4-7H2/t9-,10+. The highest BCUT2D eigenvalue weighted by molar-refractivity contribution is 5.95. The van der Waals surface area contributed by atoms with Crippen molar-refractivity contribution >= 4 is 11.6 Å². The molecule has 0 bridgehead atoms. The Kier molecular flexibility index (Phi) is 3.13. The lowest BCUT2D eigenvalue weighted by molar-refractivity contribution is -0.385. The van der Waals surface area contributed by atoms with Gasteiger partial charge in [-0.25, -0.2) is 4.39 Å².